The Morgan fingerprint density at radius 3 is 2.68 bits per heavy atom. The smallest absolute Gasteiger partial charge is 0.373 e. The Labute approximate surface area is 192 Å². The number of nitrogens with zero attached hydrogens (tertiary/aromatic N) is 2. The lowest BCUT2D eigenvalue weighted by atomic mass is 10.1. The van der Waals surface area contributed by atoms with Crippen LogP contribution in [-0.2, 0) is 25.6 Å². The number of nitrogens with one attached hydrogen (secondary N) is 1. The molecule has 2 aromatic rings. The van der Waals surface area contributed by atoms with Gasteiger partial charge in [0.25, 0.3) is 11.6 Å². The van der Waals surface area contributed by atoms with E-state index in [2.05, 4.69) is 10.1 Å². The predicted octanol–water partition coefficient (Wildman–Crippen LogP) is 2.01. The Balaban J connectivity index is 1.84. The molecule has 13 nitrogen and oxygen atoms in total. The van der Waals surface area contributed by atoms with Crippen molar-refractivity contribution in [1.82, 2.24) is 10.2 Å². The number of amides is 3. The third kappa shape index (κ3) is 5.38. The van der Waals surface area contributed by atoms with Crippen LogP contribution < -0.4 is 10.1 Å². The van der Waals surface area contributed by atoms with Crippen molar-refractivity contribution in [3.8, 4) is 5.75 Å². The second kappa shape index (κ2) is 10.3. The minimum atomic E-state index is -0.772. The van der Waals surface area contributed by atoms with E-state index in [4.69, 9.17) is 13.9 Å². The van der Waals surface area contributed by atoms with E-state index < -0.39 is 35.4 Å². The lowest BCUT2D eigenvalue weighted by Gasteiger charge is -2.10. The number of urea groups is 1. The Kier molecular flexibility index (Phi) is 7.26. The maximum absolute atomic E-state index is 12.8. The van der Waals surface area contributed by atoms with Gasteiger partial charge in [-0.05, 0) is 31.2 Å². The average Bonchev–Trinajstić information content (AvgIpc) is 3.38. The summed E-state index contributed by atoms with van der Waals surface area (Å²) in [4.78, 5) is 59.6. The summed E-state index contributed by atoms with van der Waals surface area (Å²) in [7, 11) is 1.18. The third-order valence-corrected chi connectivity index (χ3v) is 4.48. The van der Waals surface area contributed by atoms with Crippen molar-refractivity contribution >= 4 is 35.6 Å². The first-order valence-corrected chi connectivity index (χ1v) is 9.82. The number of furan rings is 1. The molecule has 1 N–H and O–H groups in total. The molecular formula is C21H19N3O10. The quantitative estimate of drug-likeness (QED) is 0.187. The van der Waals surface area contributed by atoms with Gasteiger partial charge in [0.15, 0.2) is 6.61 Å². The zero-order valence-corrected chi connectivity index (χ0v) is 18.1. The summed E-state index contributed by atoms with van der Waals surface area (Å²) >= 11 is 0. The number of carbonyl (C=O) groups is 4. The molecule has 2 heterocycles. The second-order valence-electron chi connectivity index (χ2n) is 6.71. The van der Waals surface area contributed by atoms with Crippen LogP contribution in [0.3, 0.4) is 0 Å². The van der Waals surface area contributed by atoms with Crippen LogP contribution in [0, 0.1) is 10.1 Å². The summed E-state index contributed by atoms with van der Waals surface area (Å²) in [6, 6.07) is 5.54. The predicted molar refractivity (Wildman–Crippen MR) is 112 cm³/mol. The van der Waals surface area contributed by atoms with Crippen molar-refractivity contribution in [2.45, 2.75) is 13.5 Å². The molecule has 178 valence electrons. The van der Waals surface area contributed by atoms with Gasteiger partial charge in [-0.25, -0.2) is 14.4 Å². The Morgan fingerprint density at radius 1 is 1.24 bits per heavy atom. The van der Waals surface area contributed by atoms with Crippen molar-refractivity contribution in [3.63, 3.8) is 0 Å². The number of imide groups is 1. The number of nitro groups is 1. The Hall–Kier alpha value is -4.68. The third-order valence-electron chi connectivity index (χ3n) is 4.48. The van der Waals surface area contributed by atoms with Gasteiger partial charge in [-0.3, -0.25) is 19.8 Å². The summed E-state index contributed by atoms with van der Waals surface area (Å²) in [5.41, 5.74) is -0.406. The Bertz CT molecular complexity index is 1180. The second-order valence-corrected chi connectivity index (χ2v) is 6.71. The zero-order chi connectivity index (χ0) is 24.8. The minimum absolute atomic E-state index is 0.0559. The highest BCUT2D eigenvalue weighted by Crippen LogP contribution is 2.28. The van der Waals surface area contributed by atoms with E-state index in [0.717, 1.165) is 11.0 Å². The highest BCUT2D eigenvalue weighted by molar-refractivity contribution is 6.14. The van der Waals surface area contributed by atoms with Crippen molar-refractivity contribution in [2.75, 3.05) is 20.3 Å². The number of non-ortho nitro benzene ring substituents is 1. The molecule has 0 saturated carbocycles. The number of carbonyl (C=O) groups excluding carboxylic acids is 4. The van der Waals surface area contributed by atoms with Gasteiger partial charge in [0.2, 0.25) is 5.76 Å². The Morgan fingerprint density at radius 2 is 2.00 bits per heavy atom. The molecular weight excluding hydrogens is 454 g/mol. The van der Waals surface area contributed by atoms with Crippen LogP contribution in [0.4, 0.5) is 10.5 Å². The summed E-state index contributed by atoms with van der Waals surface area (Å²) in [6.45, 7) is 1.03. The number of benzene rings is 1. The molecule has 0 spiro atoms. The molecule has 0 aliphatic carbocycles. The van der Waals surface area contributed by atoms with E-state index >= 15 is 0 Å². The number of rotatable bonds is 9. The first kappa shape index (κ1) is 24.0. The zero-order valence-electron chi connectivity index (χ0n) is 18.1. The number of nitro benzene ring substituents is 1. The van der Waals surface area contributed by atoms with Crippen LogP contribution >= 0.6 is 0 Å². The highest BCUT2D eigenvalue weighted by atomic mass is 16.6. The van der Waals surface area contributed by atoms with Gasteiger partial charge >= 0.3 is 18.0 Å². The van der Waals surface area contributed by atoms with Crippen molar-refractivity contribution in [3.05, 3.63) is 63.2 Å². The monoisotopic (exact) mass is 473 g/mol. The molecule has 1 saturated heterocycles. The maximum Gasteiger partial charge on any atom is 0.373 e. The van der Waals surface area contributed by atoms with Crippen LogP contribution in [0.1, 0.15) is 28.8 Å². The maximum atomic E-state index is 12.8. The van der Waals surface area contributed by atoms with Crippen LogP contribution in [0.2, 0.25) is 0 Å². The van der Waals surface area contributed by atoms with Gasteiger partial charge in [-0.1, -0.05) is 0 Å². The summed E-state index contributed by atoms with van der Waals surface area (Å²) in [5, 5.41) is 13.6. The molecule has 0 unspecified atom stereocenters. The van der Waals surface area contributed by atoms with Gasteiger partial charge < -0.3 is 23.9 Å². The van der Waals surface area contributed by atoms with E-state index in [1.54, 1.807) is 6.92 Å². The normalized spacial score (nSPS) is 14.2. The number of esters is 2. The van der Waals surface area contributed by atoms with Crippen molar-refractivity contribution in [1.29, 1.82) is 0 Å². The summed E-state index contributed by atoms with van der Waals surface area (Å²) in [5.74, 6) is -2.01. The fourth-order valence-electron chi connectivity index (χ4n) is 2.93. The van der Waals surface area contributed by atoms with Crippen LogP contribution in [0.25, 0.3) is 6.08 Å². The molecule has 1 aromatic carbocycles. The van der Waals surface area contributed by atoms with E-state index in [1.165, 1.54) is 37.5 Å². The lowest BCUT2D eigenvalue weighted by Crippen LogP contribution is -2.30. The lowest BCUT2D eigenvalue weighted by molar-refractivity contribution is -0.384. The van der Waals surface area contributed by atoms with Crippen LogP contribution in [-0.4, -0.2) is 54.0 Å². The fraction of sp³-hybridized carbons (Fsp3) is 0.238. The van der Waals surface area contributed by atoms with Gasteiger partial charge in [-0.2, -0.15) is 0 Å². The van der Waals surface area contributed by atoms with Crippen LogP contribution in [0.15, 0.2) is 40.4 Å². The SMILES string of the molecule is CCOC(=O)COc1ccc([N+](=O)[O-])cc1C=C1NC(=O)N(Cc2ccc(C(=O)OC)o2)C1=O. The molecule has 1 aliphatic heterocycles. The minimum Gasteiger partial charge on any atom is -0.481 e. The topological polar surface area (TPSA) is 168 Å². The van der Waals surface area contributed by atoms with Gasteiger partial charge in [0.05, 0.1) is 25.2 Å². The molecule has 1 aliphatic rings. The van der Waals surface area contributed by atoms with Crippen molar-refractivity contribution < 1.29 is 42.7 Å². The number of hydrogen-bond acceptors (Lipinski definition) is 10. The standard InChI is InChI=1S/C21H19N3O10/c1-3-32-18(25)11-33-16-6-4-13(24(29)30)8-12(16)9-15-19(26)23(21(28)22-15)10-14-5-7-17(34-14)20(27)31-2/h4-9H,3,10-11H2,1-2H3,(H,22,28). The molecule has 1 fully saturated rings. The molecule has 3 amide bonds. The molecule has 0 atom stereocenters. The summed E-state index contributed by atoms with van der Waals surface area (Å²) in [6.07, 6.45) is 1.19. The van der Waals surface area contributed by atoms with Gasteiger partial charge in [-0.15, -0.1) is 0 Å². The molecule has 0 radical (unpaired) electrons. The highest BCUT2D eigenvalue weighted by Gasteiger charge is 2.34. The number of hydrogen-bond donors (Lipinski definition) is 1. The molecule has 1 aromatic heterocycles. The molecule has 13 heteroatoms. The largest absolute Gasteiger partial charge is 0.481 e. The molecule has 3 rings (SSSR count). The summed E-state index contributed by atoms with van der Waals surface area (Å²) < 4.78 is 20.0. The number of methoxy groups -OCH3 is 1. The van der Waals surface area contributed by atoms with Crippen molar-refractivity contribution in [2.24, 2.45) is 0 Å². The van der Waals surface area contributed by atoms with E-state index in [-0.39, 0.29) is 47.4 Å². The fourth-order valence-corrected chi connectivity index (χ4v) is 2.93. The van der Waals surface area contributed by atoms with Gasteiger partial charge in [0, 0.05) is 17.7 Å². The number of ether oxygens (including phenoxy) is 3. The first-order valence-electron chi connectivity index (χ1n) is 9.82. The van der Waals surface area contributed by atoms with E-state index in [0.29, 0.717) is 0 Å². The average molecular weight is 473 g/mol. The van der Waals surface area contributed by atoms with E-state index in [1.807, 2.05) is 0 Å². The van der Waals surface area contributed by atoms with Crippen LogP contribution in [0.5, 0.6) is 5.75 Å². The van der Waals surface area contributed by atoms with E-state index in [9.17, 15) is 29.3 Å². The first-order chi connectivity index (χ1) is 16.2. The molecule has 0 bridgehead atoms. The molecule has 34 heavy (non-hydrogen) atoms. The van der Waals surface area contributed by atoms with Gasteiger partial charge in [0.1, 0.15) is 17.2 Å².